The quantitative estimate of drug-likeness (QED) is 0.381. The van der Waals surface area contributed by atoms with E-state index in [1.165, 1.54) is 0 Å². The molecule has 146 valence electrons. The fourth-order valence-electron chi connectivity index (χ4n) is 2.71. The summed E-state index contributed by atoms with van der Waals surface area (Å²) in [5.74, 6) is -0.293. The number of rotatable bonds is 6. The van der Waals surface area contributed by atoms with Gasteiger partial charge in [0.1, 0.15) is 0 Å². The molecular weight excluding hydrogens is 395 g/mol. The van der Waals surface area contributed by atoms with Crippen LogP contribution in [0.25, 0.3) is 10.4 Å². The van der Waals surface area contributed by atoms with Crippen molar-refractivity contribution in [1.29, 1.82) is 0 Å². The predicted octanol–water partition coefficient (Wildman–Crippen LogP) is 5.14. The van der Waals surface area contributed by atoms with E-state index in [4.69, 9.17) is 10.3 Å². The predicted molar refractivity (Wildman–Crippen MR) is 114 cm³/mol. The largest absolute Gasteiger partial charge is 0.397 e. The molecular formula is C20H21N2O4PS. The number of hydrogen-bond donors (Lipinski definition) is 3. The molecule has 0 spiro atoms. The number of hydrogen-bond acceptors (Lipinski definition) is 5. The van der Waals surface area contributed by atoms with E-state index >= 15 is 0 Å². The van der Waals surface area contributed by atoms with E-state index in [0.717, 1.165) is 17.1 Å². The molecule has 0 saturated heterocycles. The third kappa shape index (κ3) is 5.09. The van der Waals surface area contributed by atoms with Gasteiger partial charge in [0.15, 0.2) is 0 Å². The minimum atomic E-state index is -3.59. The summed E-state index contributed by atoms with van der Waals surface area (Å²) in [6.45, 7) is 2.82. The molecule has 1 heterocycles. The summed E-state index contributed by atoms with van der Waals surface area (Å²) < 4.78 is 16.5. The first kappa shape index (κ1) is 20.3. The van der Waals surface area contributed by atoms with E-state index in [1.54, 1.807) is 48.6 Å². The maximum atomic E-state index is 12.6. The number of carbonyl (C=O) groups is 1. The van der Waals surface area contributed by atoms with E-state index in [9.17, 15) is 14.3 Å². The van der Waals surface area contributed by atoms with Crippen LogP contribution in [0.3, 0.4) is 0 Å². The van der Waals surface area contributed by atoms with Crippen molar-refractivity contribution in [1.82, 2.24) is 0 Å². The van der Waals surface area contributed by atoms with Crippen LogP contribution in [0.5, 0.6) is 0 Å². The fourth-order valence-corrected chi connectivity index (χ4v) is 4.15. The molecule has 6 nitrogen and oxygen atoms in total. The van der Waals surface area contributed by atoms with Crippen LogP contribution in [0.2, 0.25) is 0 Å². The number of nitrogens with one attached hydrogen (secondary N) is 1. The zero-order valence-electron chi connectivity index (χ0n) is 15.5. The van der Waals surface area contributed by atoms with Crippen molar-refractivity contribution in [3.8, 4) is 10.4 Å². The highest BCUT2D eigenvalue weighted by molar-refractivity contribution is 7.51. The van der Waals surface area contributed by atoms with Crippen molar-refractivity contribution in [3.05, 3.63) is 71.1 Å². The average Bonchev–Trinajstić information content (AvgIpc) is 3.17. The van der Waals surface area contributed by atoms with Crippen molar-refractivity contribution in [2.75, 3.05) is 17.7 Å². The van der Waals surface area contributed by atoms with E-state index in [2.05, 4.69) is 5.32 Å². The van der Waals surface area contributed by atoms with Gasteiger partial charge in [0.25, 0.3) is 5.91 Å². The highest BCUT2D eigenvalue weighted by Gasteiger charge is 2.17. The van der Waals surface area contributed by atoms with Crippen LogP contribution in [0.1, 0.15) is 28.9 Å². The Balaban J connectivity index is 1.75. The first-order valence-corrected chi connectivity index (χ1v) is 11.5. The Morgan fingerprint density at radius 1 is 1.21 bits per heavy atom. The molecule has 0 aliphatic rings. The average molecular weight is 416 g/mol. The smallest absolute Gasteiger partial charge is 0.325 e. The minimum Gasteiger partial charge on any atom is -0.397 e. The van der Waals surface area contributed by atoms with E-state index in [-0.39, 0.29) is 5.91 Å². The third-order valence-corrected chi connectivity index (χ3v) is 5.73. The maximum absolute atomic E-state index is 12.6. The first-order chi connectivity index (χ1) is 13.2. The summed E-state index contributed by atoms with van der Waals surface area (Å²) in [6.07, 6.45) is -0.559. The van der Waals surface area contributed by atoms with Gasteiger partial charge in [-0.15, -0.1) is 11.3 Å². The molecule has 0 bridgehead atoms. The summed E-state index contributed by atoms with van der Waals surface area (Å²) in [4.78, 5) is 23.0. The molecule has 1 aromatic heterocycles. The molecule has 0 aliphatic carbocycles. The van der Waals surface area contributed by atoms with Gasteiger partial charge in [-0.1, -0.05) is 24.3 Å². The maximum Gasteiger partial charge on any atom is 0.325 e. The fraction of sp³-hybridized carbons (Fsp3) is 0.150. The van der Waals surface area contributed by atoms with Crippen molar-refractivity contribution >= 4 is 36.2 Å². The number of benzene rings is 2. The summed E-state index contributed by atoms with van der Waals surface area (Å²) in [7, 11) is -3.59. The highest BCUT2D eigenvalue weighted by Crippen LogP contribution is 2.42. The SMILES string of the molecule is CC(OP(C)(=O)O)c1ccc(C(=O)Nc2cc(-c3cccs3)ccc2N)cc1. The molecule has 0 aliphatic heterocycles. The van der Waals surface area contributed by atoms with Crippen LogP contribution in [0.4, 0.5) is 11.4 Å². The van der Waals surface area contributed by atoms with Gasteiger partial charge in [-0.05, 0) is 53.8 Å². The number of thiophene rings is 1. The lowest BCUT2D eigenvalue weighted by Crippen LogP contribution is -2.13. The summed E-state index contributed by atoms with van der Waals surface area (Å²) in [5.41, 5.74) is 9.17. The second kappa shape index (κ2) is 8.29. The zero-order chi connectivity index (χ0) is 20.3. The van der Waals surface area contributed by atoms with Crippen LogP contribution in [0.15, 0.2) is 60.0 Å². The van der Waals surface area contributed by atoms with Crippen LogP contribution in [0, 0.1) is 0 Å². The van der Waals surface area contributed by atoms with Crippen molar-refractivity contribution in [2.24, 2.45) is 0 Å². The van der Waals surface area contributed by atoms with Crippen molar-refractivity contribution in [3.63, 3.8) is 0 Å². The van der Waals surface area contributed by atoms with Crippen LogP contribution >= 0.6 is 18.9 Å². The first-order valence-electron chi connectivity index (χ1n) is 8.56. The zero-order valence-corrected chi connectivity index (χ0v) is 17.2. The van der Waals surface area contributed by atoms with Crippen LogP contribution < -0.4 is 11.1 Å². The molecule has 3 rings (SSSR count). The Hall–Kier alpha value is -2.44. The molecule has 2 atom stereocenters. The molecule has 3 aromatic rings. The second-order valence-electron chi connectivity index (χ2n) is 6.41. The number of anilines is 2. The Morgan fingerprint density at radius 3 is 2.54 bits per heavy atom. The van der Waals surface area contributed by atoms with Gasteiger partial charge in [0.2, 0.25) is 0 Å². The number of carbonyl (C=O) groups excluding carboxylic acids is 1. The van der Waals surface area contributed by atoms with Crippen molar-refractivity contribution < 1.29 is 18.8 Å². The molecule has 2 aromatic carbocycles. The molecule has 28 heavy (non-hydrogen) atoms. The van der Waals surface area contributed by atoms with Gasteiger partial charge in [-0.3, -0.25) is 9.36 Å². The number of nitrogen functional groups attached to an aromatic ring is 1. The van der Waals surface area contributed by atoms with Gasteiger partial charge in [0, 0.05) is 17.1 Å². The molecule has 2 unspecified atom stereocenters. The Labute approximate surface area is 167 Å². The van der Waals surface area contributed by atoms with E-state index < -0.39 is 13.7 Å². The Kier molecular flexibility index (Phi) is 6.01. The topological polar surface area (TPSA) is 102 Å². The number of nitrogens with two attached hydrogens (primary N) is 1. The second-order valence-corrected chi connectivity index (χ2v) is 9.17. The molecule has 0 radical (unpaired) electrons. The summed E-state index contributed by atoms with van der Waals surface area (Å²) in [5, 5.41) is 4.83. The lowest BCUT2D eigenvalue weighted by atomic mass is 10.1. The molecule has 8 heteroatoms. The van der Waals surface area contributed by atoms with E-state index in [1.807, 2.05) is 29.6 Å². The molecule has 0 fully saturated rings. The Bertz CT molecular complexity index is 1010. The lowest BCUT2D eigenvalue weighted by Gasteiger charge is -2.15. The van der Waals surface area contributed by atoms with Gasteiger partial charge in [0.05, 0.1) is 17.5 Å². The van der Waals surface area contributed by atoms with Gasteiger partial charge in [-0.2, -0.15) is 0 Å². The number of amides is 1. The van der Waals surface area contributed by atoms with Gasteiger partial charge >= 0.3 is 7.60 Å². The lowest BCUT2D eigenvalue weighted by molar-refractivity contribution is 0.102. The van der Waals surface area contributed by atoms with Crippen molar-refractivity contribution in [2.45, 2.75) is 13.0 Å². The summed E-state index contributed by atoms with van der Waals surface area (Å²) >= 11 is 1.61. The van der Waals surface area contributed by atoms with Gasteiger partial charge in [-0.25, -0.2) is 0 Å². The monoisotopic (exact) mass is 416 g/mol. The third-order valence-electron chi connectivity index (χ3n) is 4.10. The Morgan fingerprint density at radius 2 is 1.93 bits per heavy atom. The normalized spacial score (nSPS) is 14.2. The molecule has 4 N–H and O–H groups in total. The standard InChI is InChI=1S/C20H21N2O4PS/c1-13(26-27(2,24)25)14-5-7-15(8-6-14)20(23)22-18-12-16(9-10-17(18)21)19-4-3-11-28-19/h3-13H,21H2,1-2H3,(H,22,23)(H,24,25). The highest BCUT2D eigenvalue weighted by atomic mass is 32.1. The molecule has 1 amide bonds. The summed E-state index contributed by atoms with van der Waals surface area (Å²) in [6, 6.07) is 16.2. The van der Waals surface area contributed by atoms with E-state index in [0.29, 0.717) is 22.5 Å². The minimum absolute atomic E-state index is 0.293. The van der Waals surface area contributed by atoms with Crippen LogP contribution in [-0.4, -0.2) is 17.5 Å². The molecule has 0 saturated carbocycles. The van der Waals surface area contributed by atoms with Gasteiger partial charge < -0.3 is 20.5 Å². The van der Waals surface area contributed by atoms with Crippen LogP contribution in [-0.2, 0) is 9.09 Å².